The maximum atomic E-state index is 12.4. The molecular weight excluding hydrogens is 380 g/mol. The zero-order valence-corrected chi connectivity index (χ0v) is 16.6. The van der Waals surface area contributed by atoms with Gasteiger partial charge in [0.2, 0.25) is 0 Å². The van der Waals surface area contributed by atoms with Crippen molar-refractivity contribution in [2.45, 2.75) is 20.4 Å². The summed E-state index contributed by atoms with van der Waals surface area (Å²) < 4.78 is 3.27. The summed E-state index contributed by atoms with van der Waals surface area (Å²) in [6.07, 6.45) is 0. The smallest absolute Gasteiger partial charge is 0.271 e. The fraction of sp³-hybridized carbons (Fsp3) is 0.263. The molecule has 0 aliphatic carbocycles. The summed E-state index contributed by atoms with van der Waals surface area (Å²) in [5.41, 5.74) is 2.54. The number of rotatable bonds is 6. The predicted octanol–water partition coefficient (Wildman–Crippen LogP) is 2.57. The molecule has 3 rings (SSSR count). The highest BCUT2D eigenvalue weighted by atomic mass is 35.5. The molecule has 0 saturated heterocycles. The van der Waals surface area contributed by atoms with E-state index >= 15 is 0 Å². The summed E-state index contributed by atoms with van der Waals surface area (Å²) in [7, 11) is 1.65. The number of hydrogen-bond acceptors (Lipinski definition) is 4. The summed E-state index contributed by atoms with van der Waals surface area (Å²) in [4.78, 5) is 24.7. The van der Waals surface area contributed by atoms with E-state index in [1.165, 1.54) is 10.7 Å². The standard InChI is InChI=1S/C19H21ClN6O2/c1-12-10-13(2)26(23-12)9-8-21-19(28)16-11-17(25(3)24-16)22-18(27)14-6-4-5-7-15(14)20/h4-7,10-11H,8-9H2,1-3H3,(H,21,28)(H,22,27). The van der Waals surface area contributed by atoms with Crippen molar-refractivity contribution < 1.29 is 9.59 Å². The molecule has 0 radical (unpaired) electrons. The van der Waals surface area contributed by atoms with Gasteiger partial charge in [0, 0.05) is 25.4 Å². The molecular formula is C19H21ClN6O2. The van der Waals surface area contributed by atoms with Crippen LogP contribution < -0.4 is 10.6 Å². The fourth-order valence-corrected chi connectivity index (χ4v) is 3.01. The zero-order chi connectivity index (χ0) is 20.3. The van der Waals surface area contributed by atoms with Crippen LogP contribution in [0.2, 0.25) is 5.02 Å². The van der Waals surface area contributed by atoms with Gasteiger partial charge in [-0.05, 0) is 32.0 Å². The van der Waals surface area contributed by atoms with Crippen molar-refractivity contribution in [1.29, 1.82) is 0 Å². The highest BCUT2D eigenvalue weighted by Gasteiger charge is 2.16. The molecule has 0 fully saturated rings. The predicted molar refractivity (Wildman–Crippen MR) is 107 cm³/mol. The van der Waals surface area contributed by atoms with E-state index in [9.17, 15) is 9.59 Å². The second kappa shape index (κ2) is 8.26. The monoisotopic (exact) mass is 400 g/mol. The summed E-state index contributed by atoms with van der Waals surface area (Å²) in [5.74, 6) is -0.297. The number of halogens is 1. The van der Waals surface area contributed by atoms with Crippen LogP contribution in [0.1, 0.15) is 32.2 Å². The Bertz CT molecular complexity index is 1020. The number of benzene rings is 1. The minimum atomic E-state index is -0.370. The number of carbonyl (C=O) groups is 2. The van der Waals surface area contributed by atoms with E-state index in [0.717, 1.165) is 11.4 Å². The molecule has 0 atom stereocenters. The average molecular weight is 401 g/mol. The van der Waals surface area contributed by atoms with Crippen LogP contribution in [0.25, 0.3) is 0 Å². The maximum absolute atomic E-state index is 12.4. The van der Waals surface area contributed by atoms with E-state index in [4.69, 9.17) is 11.6 Å². The summed E-state index contributed by atoms with van der Waals surface area (Å²) >= 11 is 6.05. The van der Waals surface area contributed by atoms with Crippen LogP contribution in [0.5, 0.6) is 0 Å². The maximum Gasteiger partial charge on any atom is 0.271 e. The van der Waals surface area contributed by atoms with Crippen molar-refractivity contribution in [3.63, 3.8) is 0 Å². The van der Waals surface area contributed by atoms with Crippen LogP contribution in [0.4, 0.5) is 5.82 Å². The molecule has 0 aliphatic rings. The van der Waals surface area contributed by atoms with Gasteiger partial charge in [0.25, 0.3) is 11.8 Å². The lowest BCUT2D eigenvalue weighted by Gasteiger charge is -2.06. The Morgan fingerprint density at radius 2 is 1.86 bits per heavy atom. The Balaban J connectivity index is 1.61. The third-order valence-corrected chi connectivity index (χ3v) is 4.51. The molecule has 0 bridgehead atoms. The molecule has 2 heterocycles. The SMILES string of the molecule is Cc1cc(C)n(CCNC(=O)c2cc(NC(=O)c3ccccc3Cl)n(C)n2)n1. The molecule has 146 valence electrons. The molecule has 0 spiro atoms. The number of anilines is 1. The Morgan fingerprint density at radius 1 is 1.11 bits per heavy atom. The van der Waals surface area contributed by atoms with Crippen molar-refractivity contribution in [3.8, 4) is 0 Å². The summed E-state index contributed by atoms with van der Waals surface area (Å²) in [5, 5.41) is 14.4. The number of hydrogen-bond donors (Lipinski definition) is 2. The van der Waals surface area contributed by atoms with Gasteiger partial charge < -0.3 is 10.6 Å². The molecule has 3 aromatic rings. The van der Waals surface area contributed by atoms with Crippen LogP contribution in [0, 0.1) is 13.8 Å². The third-order valence-electron chi connectivity index (χ3n) is 4.19. The number of carbonyl (C=O) groups excluding carboxylic acids is 2. The minimum Gasteiger partial charge on any atom is -0.349 e. The number of nitrogens with zero attached hydrogens (tertiary/aromatic N) is 4. The molecule has 2 aromatic heterocycles. The van der Waals surface area contributed by atoms with E-state index in [-0.39, 0.29) is 17.5 Å². The molecule has 2 N–H and O–H groups in total. The van der Waals surface area contributed by atoms with E-state index in [1.807, 2.05) is 24.6 Å². The second-order valence-electron chi connectivity index (χ2n) is 6.38. The summed E-state index contributed by atoms with van der Waals surface area (Å²) in [6, 6.07) is 10.2. The van der Waals surface area contributed by atoms with Gasteiger partial charge in [-0.25, -0.2) is 0 Å². The van der Waals surface area contributed by atoms with Crippen molar-refractivity contribution in [2.24, 2.45) is 7.05 Å². The summed E-state index contributed by atoms with van der Waals surface area (Å²) in [6.45, 7) is 4.87. The van der Waals surface area contributed by atoms with Crippen molar-refractivity contribution in [1.82, 2.24) is 24.9 Å². The van der Waals surface area contributed by atoms with Gasteiger partial charge in [-0.15, -0.1) is 0 Å². The number of amides is 2. The minimum absolute atomic E-state index is 0.213. The lowest BCUT2D eigenvalue weighted by molar-refractivity contribution is 0.0945. The lowest BCUT2D eigenvalue weighted by Crippen LogP contribution is -2.28. The number of nitrogens with one attached hydrogen (secondary N) is 2. The van der Waals surface area contributed by atoms with Gasteiger partial charge in [0.15, 0.2) is 5.69 Å². The third kappa shape index (κ3) is 4.40. The van der Waals surface area contributed by atoms with Crippen LogP contribution >= 0.6 is 11.6 Å². The van der Waals surface area contributed by atoms with Gasteiger partial charge in [-0.3, -0.25) is 19.0 Å². The first-order chi connectivity index (χ1) is 13.3. The fourth-order valence-electron chi connectivity index (χ4n) is 2.79. The number of aryl methyl sites for hydroxylation is 3. The van der Waals surface area contributed by atoms with Gasteiger partial charge >= 0.3 is 0 Å². The highest BCUT2D eigenvalue weighted by Crippen LogP contribution is 2.17. The first kappa shape index (κ1) is 19.6. The Kier molecular flexibility index (Phi) is 5.79. The topological polar surface area (TPSA) is 93.8 Å². The van der Waals surface area contributed by atoms with Crippen LogP contribution in [-0.4, -0.2) is 37.9 Å². The van der Waals surface area contributed by atoms with E-state index < -0.39 is 0 Å². The van der Waals surface area contributed by atoms with Gasteiger partial charge in [0.1, 0.15) is 5.82 Å². The van der Waals surface area contributed by atoms with Crippen molar-refractivity contribution in [2.75, 3.05) is 11.9 Å². The molecule has 2 amide bonds. The number of aromatic nitrogens is 4. The quantitative estimate of drug-likeness (QED) is 0.665. The molecule has 0 saturated carbocycles. The second-order valence-corrected chi connectivity index (χ2v) is 6.79. The van der Waals surface area contributed by atoms with Gasteiger partial charge in [-0.2, -0.15) is 10.2 Å². The zero-order valence-electron chi connectivity index (χ0n) is 15.9. The molecule has 0 unspecified atom stereocenters. The van der Waals surface area contributed by atoms with Gasteiger partial charge in [-0.1, -0.05) is 23.7 Å². The van der Waals surface area contributed by atoms with Crippen molar-refractivity contribution >= 4 is 29.2 Å². The normalized spacial score (nSPS) is 10.7. The molecule has 8 nitrogen and oxygen atoms in total. The molecule has 0 aliphatic heterocycles. The molecule has 28 heavy (non-hydrogen) atoms. The van der Waals surface area contributed by atoms with Gasteiger partial charge in [0.05, 0.1) is 22.8 Å². The van der Waals surface area contributed by atoms with Crippen molar-refractivity contribution in [3.05, 3.63) is 64.1 Å². The van der Waals surface area contributed by atoms with Crippen LogP contribution in [0.3, 0.4) is 0 Å². The first-order valence-corrected chi connectivity index (χ1v) is 9.12. The first-order valence-electron chi connectivity index (χ1n) is 8.74. The largest absolute Gasteiger partial charge is 0.349 e. The molecule has 1 aromatic carbocycles. The Hall–Kier alpha value is -3.13. The lowest BCUT2D eigenvalue weighted by atomic mass is 10.2. The Morgan fingerprint density at radius 3 is 2.54 bits per heavy atom. The Labute approximate surface area is 167 Å². The van der Waals surface area contributed by atoms with Crippen LogP contribution in [-0.2, 0) is 13.6 Å². The van der Waals surface area contributed by atoms with E-state index in [1.54, 1.807) is 31.3 Å². The molecule has 9 heteroatoms. The van der Waals surface area contributed by atoms with E-state index in [2.05, 4.69) is 20.8 Å². The average Bonchev–Trinajstić information content (AvgIpc) is 3.17. The van der Waals surface area contributed by atoms with E-state index in [0.29, 0.717) is 29.5 Å². The highest BCUT2D eigenvalue weighted by molar-refractivity contribution is 6.34. The van der Waals surface area contributed by atoms with Crippen LogP contribution in [0.15, 0.2) is 36.4 Å².